The molecule has 64 valence electrons. The molecular formula is C9H10O3. The number of ether oxygens (including phenoxy) is 1. The van der Waals surface area contributed by atoms with Gasteiger partial charge in [-0.05, 0) is 18.2 Å². The molecule has 12 heavy (non-hydrogen) atoms. The largest absolute Gasteiger partial charge is 0.508 e. The monoisotopic (exact) mass is 166 g/mol. The third-order valence-electron chi connectivity index (χ3n) is 1.59. The van der Waals surface area contributed by atoms with Crippen molar-refractivity contribution in [2.75, 3.05) is 7.11 Å². The number of phenolic OH excluding ortho intramolecular Hbond substituents is 1. The van der Waals surface area contributed by atoms with Gasteiger partial charge >= 0.3 is 0 Å². The first-order chi connectivity index (χ1) is 5.77. The number of aldehydes is 1. The van der Waals surface area contributed by atoms with Crippen LogP contribution in [-0.2, 0) is 11.2 Å². The van der Waals surface area contributed by atoms with E-state index in [1.807, 2.05) is 0 Å². The molecule has 0 amide bonds. The van der Waals surface area contributed by atoms with Crippen molar-refractivity contribution < 1.29 is 14.6 Å². The normalized spacial score (nSPS) is 9.42. The Balaban J connectivity index is 2.99. The maximum absolute atomic E-state index is 10.2. The molecule has 0 aliphatic rings. The van der Waals surface area contributed by atoms with Crippen LogP contribution in [0.3, 0.4) is 0 Å². The minimum Gasteiger partial charge on any atom is -0.508 e. The van der Waals surface area contributed by atoms with Crippen LogP contribution in [0.5, 0.6) is 11.5 Å². The number of phenols is 1. The van der Waals surface area contributed by atoms with Gasteiger partial charge in [0.2, 0.25) is 0 Å². The average Bonchev–Trinajstić information content (AvgIpc) is 2.09. The van der Waals surface area contributed by atoms with E-state index in [9.17, 15) is 9.90 Å². The fourth-order valence-electron chi connectivity index (χ4n) is 0.942. The predicted molar refractivity (Wildman–Crippen MR) is 44.4 cm³/mol. The fourth-order valence-corrected chi connectivity index (χ4v) is 0.942. The quantitative estimate of drug-likeness (QED) is 0.685. The highest BCUT2D eigenvalue weighted by Gasteiger charge is 2.01. The zero-order chi connectivity index (χ0) is 8.97. The van der Waals surface area contributed by atoms with Crippen molar-refractivity contribution in [1.82, 2.24) is 0 Å². The van der Waals surface area contributed by atoms with Crippen LogP contribution in [0, 0.1) is 0 Å². The number of benzene rings is 1. The molecule has 0 saturated heterocycles. The molecule has 0 aromatic heterocycles. The Morgan fingerprint density at radius 2 is 2.33 bits per heavy atom. The second kappa shape index (κ2) is 3.76. The zero-order valence-corrected chi connectivity index (χ0v) is 6.78. The third kappa shape index (κ3) is 1.75. The van der Waals surface area contributed by atoms with E-state index < -0.39 is 0 Å². The molecule has 1 aromatic rings. The van der Waals surface area contributed by atoms with Crippen LogP contribution >= 0.6 is 0 Å². The molecular weight excluding hydrogens is 156 g/mol. The first-order valence-corrected chi connectivity index (χ1v) is 3.57. The molecule has 3 heteroatoms. The molecule has 0 radical (unpaired) electrons. The molecule has 0 saturated carbocycles. The number of hydrogen-bond donors (Lipinski definition) is 1. The maximum atomic E-state index is 10.2. The van der Waals surface area contributed by atoms with Gasteiger partial charge in [0.25, 0.3) is 0 Å². The number of carbonyl (C=O) groups excluding carboxylic acids is 1. The average molecular weight is 166 g/mol. The first-order valence-electron chi connectivity index (χ1n) is 3.57. The zero-order valence-electron chi connectivity index (χ0n) is 6.78. The lowest BCUT2D eigenvalue weighted by Gasteiger charge is -2.03. The van der Waals surface area contributed by atoms with Gasteiger partial charge in [-0.3, -0.25) is 0 Å². The number of hydrogen-bond acceptors (Lipinski definition) is 3. The van der Waals surface area contributed by atoms with Gasteiger partial charge in [-0.1, -0.05) is 0 Å². The Morgan fingerprint density at radius 3 is 2.92 bits per heavy atom. The highest BCUT2D eigenvalue weighted by molar-refractivity contribution is 5.58. The van der Waals surface area contributed by atoms with E-state index in [0.29, 0.717) is 11.3 Å². The maximum Gasteiger partial charge on any atom is 0.124 e. The number of methoxy groups -OCH3 is 1. The minimum atomic E-state index is 0.128. The van der Waals surface area contributed by atoms with Gasteiger partial charge in [0.1, 0.15) is 17.8 Å². The standard InChI is InChI=1S/C9H10O3/c1-12-8-2-3-9(11)7(6-8)4-5-10/h2-3,5-6,11H,4H2,1H3. The van der Waals surface area contributed by atoms with E-state index in [-0.39, 0.29) is 12.2 Å². The van der Waals surface area contributed by atoms with Crippen molar-refractivity contribution in [1.29, 1.82) is 0 Å². The molecule has 0 fully saturated rings. The first kappa shape index (κ1) is 8.59. The Hall–Kier alpha value is -1.51. The van der Waals surface area contributed by atoms with Crippen LogP contribution in [-0.4, -0.2) is 18.5 Å². The second-order valence-electron chi connectivity index (χ2n) is 2.37. The second-order valence-corrected chi connectivity index (χ2v) is 2.37. The molecule has 0 unspecified atom stereocenters. The summed E-state index contributed by atoms with van der Waals surface area (Å²) in [5, 5.41) is 9.25. The van der Waals surface area contributed by atoms with Gasteiger partial charge < -0.3 is 14.6 Å². The van der Waals surface area contributed by atoms with Crippen LogP contribution in [0.2, 0.25) is 0 Å². The predicted octanol–water partition coefficient (Wildman–Crippen LogP) is 1.14. The third-order valence-corrected chi connectivity index (χ3v) is 1.59. The summed E-state index contributed by atoms with van der Waals surface area (Å²) in [6.07, 6.45) is 0.956. The molecule has 0 atom stereocenters. The molecule has 1 rings (SSSR count). The molecule has 0 aliphatic heterocycles. The highest BCUT2D eigenvalue weighted by Crippen LogP contribution is 2.22. The summed E-state index contributed by atoms with van der Waals surface area (Å²) >= 11 is 0. The van der Waals surface area contributed by atoms with Crippen molar-refractivity contribution >= 4 is 6.29 Å². The summed E-state index contributed by atoms with van der Waals surface area (Å²) in [5.74, 6) is 0.771. The smallest absolute Gasteiger partial charge is 0.124 e. The van der Waals surface area contributed by atoms with Crippen LogP contribution in [0.25, 0.3) is 0 Å². The van der Waals surface area contributed by atoms with Gasteiger partial charge in [-0.2, -0.15) is 0 Å². The van der Waals surface area contributed by atoms with E-state index in [4.69, 9.17) is 4.74 Å². The van der Waals surface area contributed by atoms with E-state index in [1.54, 1.807) is 12.1 Å². The van der Waals surface area contributed by atoms with Gasteiger partial charge in [-0.25, -0.2) is 0 Å². The summed E-state index contributed by atoms with van der Waals surface area (Å²) < 4.78 is 4.93. The summed E-state index contributed by atoms with van der Waals surface area (Å²) in [5.41, 5.74) is 0.587. The Kier molecular flexibility index (Phi) is 2.69. The number of aromatic hydroxyl groups is 1. The van der Waals surface area contributed by atoms with E-state index >= 15 is 0 Å². The van der Waals surface area contributed by atoms with Crippen molar-refractivity contribution in [3.05, 3.63) is 23.8 Å². The summed E-state index contributed by atoms with van der Waals surface area (Å²) in [6, 6.07) is 4.80. The van der Waals surface area contributed by atoms with Crippen molar-refractivity contribution in [3.8, 4) is 11.5 Å². The number of carbonyl (C=O) groups is 1. The Morgan fingerprint density at radius 1 is 1.58 bits per heavy atom. The molecule has 1 aromatic carbocycles. The molecule has 0 bridgehead atoms. The fraction of sp³-hybridized carbons (Fsp3) is 0.222. The van der Waals surface area contributed by atoms with Crippen LogP contribution in [0.15, 0.2) is 18.2 Å². The lowest BCUT2D eigenvalue weighted by Crippen LogP contribution is -1.89. The lowest BCUT2D eigenvalue weighted by atomic mass is 10.1. The molecule has 1 N–H and O–H groups in total. The highest BCUT2D eigenvalue weighted by atomic mass is 16.5. The van der Waals surface area contributed by atoms with Crippen LogP contribution < -0.4 is 4.74 Å². The SMILES string of the molecule is COc1ccc(O)c(CC=O)c1. The summed E-state index contributed by atoms with van der Waals surface area (Å²) in [4.78, 5) is 10.2. The van der Waals surface area contributed by atoms with Crippen LogP contribution in [0.1, 0.15) is 5.56 Å². The van der Waals surface area contributed by atoms with Gasteiger partial charge in [0, 0.05) is 12.0 Å². The van der Waals surface area contributed by atoms with Gasteiger partial charge in [-0.15, -0.1) is 0 Å². The van der Waals surface area contributed by atoms with E-state index in [2.05, 4.69) is 0 Å². The van der Waals surface area contributed by atoms with Gasteiger partial charge in [0.15, 0.2) is 0 Å². The Bertz CT molecular complexity index is 281. The summed E-state index contributed by atoms with van der Waals surface area (Å²) in [7, 11) is 1.54. The topological polar surface area (TPSA) is 46.5 Å². The molecule has 0 aliphatic carbocycles. The molecule has 3 nitrogen and oxygen atoms in total. The van der Waals surface area contributed by atoms with Crippen molar-refractivity contribution in [2.45, 2.75) is 6.42 Å². The summed E-state index contributed by atoms with van der Waals surface area (Å²) in [6.45, 7) is 0. The van der Waals surface area contributed by atoms with Crippen molar-refractivity contribution in [2.24, 2.45) is 0 Å². The van der Waals surface area contributed by atoms with Crippen molar-refractivity contribution in [3.63, 3.8) is 0 Å². The van der Waals surface area contributed by atoms with E-state index in [0.717, 1.165) is 6.29 Å². The number of rotatable bonds is 3. The Labute approximate surface area is 70.6 Å². The van der Waals surface area contributed by atoms with Gasteiger partial charge in [0.05, 0.1) is 7.11 Å². The molecule has 0 heterocycles. The van der Waals surface area contributed by atoms with Crippen LogP contribution in [0.4, 0.5) is 0 Å². The molecule has 0 spiro atoms. The lowest BCUT2D eigenvalue weighted by molar-refractivity contribution is -0.107. The van der Waals surface area contributed by atoms with E-state index in [1.165, 1.54) is 13.2 Å². The minimum absolute atomic E-state index is 0.128.